The second kappa shape index (κ2) is 10.4. The number of carboxylic acid groups (broad SMARTS) is 1. The number of anilines is 1. The molecular formula is C26H21BrN2O5. The maximum Gasteiger partial charge on any atom is 0.412 e. The van der Waals surface area contributed by atoms with Crippen LogP contribution in [0, 0.1) is 6.92 Å². The van der Waals surface area contributed by atoms with Crippen LogP contribution in [0.2, 0.25) is 0 Å². The molecule has 3 aromatic carbocycles. The first-order valence-corrected chi connectivity index (χ1v) is 11.2. The molecule has 0 atom stereocenters. The Balaban J connectivity index is 1.45. The second-order valence-electron chi connectivity index (χ2n) is 7.64. The average molecular weight is 521 g/mol. The van der Waals surface area contributed by atoms with Crippen LogP contribution >= 0.6 is 15.9 Å². The van der Waals surface area contributed by atoms with E-state index >= 15 is 0 Å². The fourth-order valence-corrected chi connectivity index (χ4v) is 3.83. The van der Waals surface area contributed by atoms with Crippen LogP contribution in [0.15, 0.2) is 81.8 Å². The number of halogens is 1. The number of aromatic nitrogens is 1. The van der Waals surface area contributed by atoms with Crippen molar-refractivity contribution in [2.24, 2.45) is 0 Å². The number of aryl methyl sites for hydroxylation is 1. The van der Waals surface area contributed by atoms with Gasteiger partial charge in [0.1, 0.15) is 18.0 Å². The van der Waals surface area contributed by atoms with Crippen molar-refractivity contribution in [1.82, 2.24) is 5.16 Å². The number of ether oxygens (including phenoxy) is 1. The van der Waals surface area contributed by atoms with Gasteiger partial charge in [0.15, 0.2) is 5.76 Å². The van der Waals surface area contributed by atoms with Crippen molar-refractivity contribution in [2.75, 3.05) is 5.32 Å². The van der Waals surface area contributed by atoms with E-state index in [1.54, 1.807) is 25.1 Å². The number of carbonyl (C=O) groups excluding carboxylic acids is 1. The van der Waals surface area contributed by atoms with Gasteiger partial charge >= 0.3 is 12.1 Å². The first-order chi connectivity index (χ1) is 16.4. The quantitative estimate of drug-likeness (QED) is 0.290. The summed E-state index contributed by atoms with van der Waals surface area (Å²) in [5.41, 5.74) is 4.73. The maximum atomic E-state index is 12.4. The van der Waals surface area contributed by atoms with Gasteiger partial charge in [-0.15, -0.1) is 0 Å². The third kappa shape index (κ3) is 5.52. The fraction of sp³-hybridized carbons (Fsp3) is 0.115. The highest BCUT2D eigenvalue weighted by Crippen LogP contribution is 2.31. The molecule has 8 heteroatoms. The molecule has 0 saturated heterocycles. The summed E-state index contributed by atoms with van der Waals surface area (Å²) in [7, 11) is 0. The third-order valence-electron chi connectivity index (χ3n) is 5.20. The summed E-state index contributed by atoms with van der Waals surface area (Å²) >= 11 is 3.43. The van der Waals surface area contributed by atoms with E-state index in [0.29, 0.717) is 23.6 Å². The number of nitrogens with one attached hydrogen (secondary N) is 1. The second-order valence-corrected chi connectivity index (χ2v) is 8.50. The molecular weight excluding hydrogens is 500 g/mol. The maximum absolute atomic E-state index is 12.4. The SMILES string of the molecule is Cc1noc(-c2ccc(Cc3cccc(C(=O)O)c3)cc2)c1NC(=O)OCc1ccccc1Br. The van der Waals surface area contributed by atoms with Gasteiger partial charge in [-0.3, -0.25) is 5.32 Å². The van der Waals surface area contributed by atoms with E-state index < -0.39 is 12.1 Å². The van der Waals surface area contributed by atoms with Crippen LogP contribution in [-0.4, -0.2) is 22.3 Å². The molecule has 2 N–H and O–H groups in total. The van der Waals surface area contributed by atoms with Crippen LogP contribution < -0.4 is 5.32 Å². The van der Waals surface area contributed by atoms with Gasteiger partial charge in [0.25, 0.3) is 0 Å². The van der Waals surface area contributed by atoms with Gasteiger partial charge in [-0.05, 0) is 42.7 Å². The third-order valence-corrected chi connectivity index (χ3v) is 5.98. The van der Waals surface area contributed by atoms with E-state index in [2.05, 4.69) is 26.4 Å². The number of carbonyl (C=O) groups is 2. The Hall–Kier alpha value is -3.91. The highest BCUT2D eigenvalue weighted by atomic mass is 79.9. The zero-order chi connectivity index (χ0) is 24.1. The Kier molecular flexibility index (Phi) is 7.08. The lowest BCUT2D eigenvalue weighted by atomic mass is 10.0. The molecule has 4 aromatic rings. The van der Waals surface area contributed by atoms with Gasteiger partial charge in [0.05, 0.1) is 5.56 Å². The standard InChI is InChI=1S/C26H21BrN2O5/c1-16-23(28-26(32)33-15-21-6-2-3-8-22(21)27)24(34-29-16)19-11-9-17(10-12-19)13-18-5-4-7-20(14-18)25(30)31/h2-12,14H,13,15H2,1H3,(H,28,32)(H,30,31). The molecule has 7 nitrogen and oxygen atoms in total. The van der Waals surface area contributed by atoms with Gasteiger partial charge < -0.3 is 14.4 Å². The van der Waals surface area contributed by atoms with Crippen molar-refractivity contribution in [3.8, 4) is 11.3 Å². The Labute approximate surface area is 204 Å². The van der Waals surface area contributed by atoms with Gasteiger partial charge in [-0.2, -0.15) is 0 Å². The van der Waals surface area contributed by atoms with E-state index in [1.807, 2.05) is 54.6 Å². The van der Waals surface area contributed by atoms with E-state index in [-0.39, 0.29) is 12.2 Å². The summed E-state index contributed by atoms with van der Waals surface area (Å²) in [6.07, 6.45) is -0.0261. The van der Waals surface area contributed by atoms with Crippen LogP contribution in [0.25, 0.3) is 11.3 Å². The van der Waals surface area contributed by atoms with E-state index in [9.17, 15) is 14.7 Å². The van der Waals surface area contributed by atoms with Crippen LogP contribution in [0.1, 0.15) is 32.7 Å². The van der Waals surface area contributed by atoms with Crippen LogP contribution in [0.5, 0.6) is 0 Å². The Bertz CT molecular complexity index is 1330. The summed E-state index contributed by atoms with van der Waals surface area (Å²) in [6, 6.07) is 22.0. The monoisotopic (exact) mass is 520 g/mol. The predicted octanol–water partition coefficient (Wildman–Crippen LogP) is 6.45. The average Bonchev–Trinajstić information content (AvgIpc) is 3.19. The zero-order valence-electron chi connectivity index (χ0n) is 18.2. The number of hydrogen-bond acceptors (Lipinski definition) is 5. The first kappa shape index (κ1) is 23.3. The minimum Gasteiger partial charge on any atom is -0.478 e. The van der Waals surface area contributed by atoms with Crippen LogP contribution in [-0.2, 0) is 17.8 Å². The molecule has 0 saturated carbocycles. The number of benzene rings is 3. The molecule has 1 aromatic heterocycles. The van der Waals surface area contributed by atoms with Crippen molar-refractivity contribution in [2.45, 2.75) is 20.0 Å². The lowest BCUT2D eigenvalue weighted by Crippen LogP contribution is -2.14. The topological polar surface area (TPSA) is 102 Å². The first-order valence-electron chi connectivity index (χ1n) is 10.5. The molecule has 1 amide bonds. The van der Waals surface area contributed by atoms with Crippen molar-refractivity contribution in [3.63, 3.8) is 0 Å². The molecule has 0 aliphatic heterocycles. The smallest absolute Gasteiger partial charge is 0.412 e. The van der Waals surface area contributed by atoms with Crippen molar-refractivity contribution < 1.29 is 24.0 Å². The van der Waals surface area contributed by atoms with Crippen molar-refractivity contribution in [3.05, 3.63) is 105 Å². The van der Waals surface area contributed by atoms with Gasteiger partial charge in [-0.1, -0.05) is 75.7 Å². The molecule has 0 aliphatic rings. The number of nitrogens with zero attached hydrogens (tertiary/aromatic N) is 1. The summed E-state index contributed by atoms with van der Waals surface area (Å²) in [6.45, 7) is 1.85. The fourth-order valence-electron chi connectivity index (χ4n) is 3.43. The highest BCUT2D eigenvalue weighted by Gasteiger charge is 2.18. The largest absolute Gasteiger partial charge is 0.478 e. The van der Waals surface area contributed by atoms with E-state index in [4.69, 9.17) is 9.26 Å². The molecule has 0 fully saturated rings. The van der Waals surface area contributed by atoms with Gasteiger partial charge in [-0.25, -0.2) is 9.59 Å². The molecule has 4 rings (SSSR count). The van der Waals surface area contributed by atoms with Crippen molar-refractivity contribution in [1.29, 1.82) is 0 Å². The molecule has 1 heterocycles. The lowest BCUT2D eigenvalue weighted by Gasteiger charge is -2.09. The molecule has 0 spiro atoms. The molecule has 172 valence electrons. The molecule has 0 unspecified atom stereocenters. The number of amides is 1. The van der Waals surface area contributed by atoms with E-state index in [0.717, 1.165) is 26.7 Å². The molecule has 0 bridgehead atoms. The van der Waals surface area contributed by atoms with Gasteiger partial charge in [0, 0.05) is 15.6 Å². The Morgan fingerprint density at radius 1 is 1.03 bits per heavy atom. The number of carboxylic acids is 1. The molecule has 0 aliphatic carbocycles. The minimum absolute atomic E-state index is 0.116. The number of hydrogen-bond donors (Lipinski definition) is 2. The van der Waals surface area contributed by atoms with Crippen molar-refractivity contribution >= 4 is 33.7 Å². The van der Waals surface area contributed by atoms with Crippen LogP contribution in [0.3, 0.4) is 0 Å². The van der Waals surface area contributed by atoms with Gasteiger partial charge in [0.2, 0.25) is 0 Å². The summed E-state index contributed by atoms with van der Waals surface area (Å²) in [5.74, 6) is -0.525. The predicted molar refractivity (Wildman–Crippen MR) is 131 cm³/mol. The number of rotatable bonds is 7. The lowest BCUT2D eigenvalue weighted by molar-refractivity contribution is 0.0696. The zero-order valence-corrected chi connectivity index (χ0v) is 19.8. The molecule has 34 heavy (non-hydrogen) atoms. The van der Waals surface area contributed by atoms with E-state index in [1.165, 1.54) is 0 Å². The number of aromatic carboxylic acids is 1. The summed E-state index contributed by atoms with van der Waals surface area (Å²) in [5, 5.41) is 15.9. The van der Waals surface area contributed by atoms with Crippen LogP contribution in [0.4, 0.5) is 10.5 Å². The summed E-state index contributed by atoms with van der Waals surface area (Å²) < 4.78 is 11.7. The summed E-state index contributed by atoms with van der Waals surface area (Å²) in [4.78, 5) is 23.6. The minimum atomic E-state index is -0.951. The highest BCUT2D eigenvalue weighted by molar-refractivity contribution is 9.10. The molecule has 0 radical (unpaired) electrons. The Morgan fingerprint density at radius 3 is 2.53 bits per heavy atom. The Morgan fingerprint density at radius 2 is 1.79 bits per heavy atom. The normalized spacial score (nSPS) is 10.6.